The summed E-state index contributed by atoms with van der Waals surface area (Å²) in [6.45, 7) is 2.36. The van der Waals surface area contributed by atoms with Crippen LogP contribution in [0.2, 0.25) is 5.02 Å². The van der Waals surface area contributed by atoms with Crippen LogP contribution in [0.5, 0.6) is 0 Å². The molecule has 7 nitrogen and oxygen atoms in total. The van der Waals surface area contributed by atoms with Crippen LogP contribution in [-0.2, 0) is 6.18 Å². The Morgan fingerprint density at radius 2 is 1.93 bits per heavy atom. The lowest BCUT2D eigenvalue weighted by atomic mass is 10.1. The quantitative estimate of drug-likeness (QED) is 0.768. The fourth-order valence-corrected chi connectivity index (χ4v) is 3.21. The van der Waals surface area contributed by atoms with Crippen molar-refractivity contribution in [3.63, 3.8) is 0 Å². The molecule has 3 amide bonds. The third-order valence-electron chi connectivity index (χ3n) is 4.50. The number of likely N-dealkylation sites (tertiary alicyclic amines) is 1. The fourth-order valence-electron chi connectivity index (χ4n) is 2.98. The number of halogens is 4. The number of carbonyl (C=O) groups excluding carboxylic acids is 2. The first kappa shape index (κ1) is 21.0. The number of nitrogens with one attached hydrogen (secondary N) is 2. The summed E-state index contributed by atoms with van der Waals surface area (Å²) in [7, 11) is 0. The highest BCUT2D eigenvalue weighted by Gasteiger charge is 2.33. The number of amides is 3. The Balaban J connectivity index is 1.53. The summed E-state index contributed by atoms with van der Waals surface area (Å²) in [5.41, 5.74) is -0.823. The van der Waals surface area contributed by atoms with Gasteiger partial charge in [0.2, 0.25) is 0 Å². The van der Waals surface area contributed by atoms with E-state index in [-0.39, 0.29) is 23.3 Å². The smallest absolute Gasteiger partial charge is 0.361 e. The van der Waals surface area contributed by atoms with Crippen molar-refractivity contribution < 1.29 is 27.3 Å². The molecule has 156 valence electrons. The molecule has 2 N–H and O–H groups in total. The van der Waals surface area contributed by atoms with Gasteiger partial charge in [0.15, 0.2) is 5.69 Å². The Labute approximate surface area is 169 Å². The number of piperidine rings is 1. The van der Waals surface area contributed by atoms with Gasteiger partial charge in [-0.2, -0.15) is 13.2 Å². The highest BCUT2D eigenvalue weighted by molar-refractivity contribution is 6.31. The molecule has 1 fully saturated rings. The van der Waals surface area contributed by atoms with Crippen molar-refractivity contribution in [3.8, 4) is 0 Å². The number of alkyl halides is 3. The Kier molecular flexibility index (Phi) is 6.02. The van der Waals surface area contributed by atoms with Crippen molar-refractivity contribution in [1.82, 2.24) is 15.4 Å². The molecule has 1 aliphatic rings. The molecule has 1 aromatic heterocycles. The number of nitrogens with zero attached hydrogens (tertiary/aromatic N) is 2. The zero-order chi connectivity index (χ0) is 21.2. The van der Waals surface area contributed by atoms with Crippen LogP contribution in [0.15, 0.2) is 28.8 Å². The first-order chi connectivity index (χ1) is 13.6. The monoisotopic (exact) mass is 430 g/mol. The van der Waals surface area contributed by atoms with E-state index in [1.54, 1.807) is 6.92 Å². The predicted octanol–water partition coefficient (Wildman–Crippen LogP) is 4.08. The maximum Gasteiger partial charge on any atom is 0.417 e. The van der Waals surface area contributed by atoms with Crippen LogP contribution in [0.1, 0.15) is 34.7 Å². The van der Waals surface area contributed by atoms with E-state index in [9.17, 15) is 22.8 Å². The molecule has 1 aromatic carbocycles. The molecule has 0 spiro atoms. The molecule has 0 unspecified atom stereocenters. The summed E-state index contributed by atoms with van der Waals surface area (Å²) in [6, 6.07) is 4.07. The zero-order valence-electron chi connectivity index (χ0n) is 15.3. The Bertz CT molecular complexity index is 908. The maximum absolute atomic E-state index is 12.9. The van der Waals surface area contributed by atoms with Crippen molar-refractivity contribution in [2.45, 2.75) is 32.0 Å². The van der Waals surface area contributed by atoms with Crippen molar-refractivity contribution in [2.75, 3.05) is 18.4 Å². The third-order valence-corrected chi connectivity index (χ3v) is 4.83. The minimum atomic E-state index is -4.61. The minimum Gasteiger partial charge on any atom is -0.361 e. The lowest BCUT2D eigenvalue weighted by Gasteiger charge is -2.32. The molecular formula is C18H18ClF3N4O3. The summed E-state index contributed by atoms with van der Waals surface area (Å²) < 4.78 is 43.7. The van der Waals surface area contributed by atoms with Gasteiger partial charge in [-0.05, 0) is 38.0 Å². The summed E-state index contributed by atoms with van der Waals surface area (Å²) in [4.78, 5) is 25.9. The van der Waals surface area contributed by atoms with Crippen molar-refractivity contribution in [2.24, 2.45) is 0 Å². The van der Waals surface area contributed by atoms with Gasteiger partial charge in [0.05, 0.1) is 10.6 Å². The van der Waals surface area contributed by atoms with Gasteiger partial charge in [-0.3, -0.25) is 4.79 Å². The Morgan fingerprint density at radius 1 is 1.24 bits per heavy atom. The summed E-state index contributed by atoms with van der Waals surface area (Å²) in [5.74, 6) is 0.170. The molecule has 3 rings (SSSR count). The molecule has 2 aromatic rings. The SMILES string of the molecule is Cc1cc(C(=O)NC2CCN(C(=O)Nc3ccc(Cl)c(C(F)(F)F)c3)CC2)no1. The van der Waals surface area contributed by atoms with Crippen LogP contribution in [0.25, 0.3) is 0 Å². The van der Waals surface area contributed by atoms with Gasteiger partial charge in [0.1, 0.15) is 5.76 Å². The molecule has 0 saturated carbocycles. The van der Waals surface area contributed by atoms with Crippen molar-refractivity contribution in [1.29, 1.82) is 0 Å². The third kappa shape index (κ3) is 5.20. The van der Waals surface area contributed by atoms with Crippen LogP contribution in [0.3, 0.4) is 0 Å². The van der Waals surface area contributed by atoms with E-state index in [0.717, 1.165) is 12.1 Å². The molecule has 1 saturated heterocycles. The van der Waals surface area contributed by atoms with Crippen molar-refractivity contribution in [3.05, 3.63) is 46.3 Å². The summed E-state index contributed by atoms with van der Waals surface area (Å²) in [6.07, 6.45) is -3.61. The predicted molar refractivity (Wildman–Crippen MR) is 98.8 cm³/mol. The lowest BCUT2D eigenvalue weighted by Crippen LogP contribution is -2.47. The highest BCUT2D eigenvalue weighted by atomic mass is 35.5. The van der Waals surface area contributed by atoms with E-state index in [1.807, 2.05) is 0 Å². The number of aromatic nitrogens is 1. The van der Waals surface area contributed by atoms with Gasteiger partial charge in [0.25, 0.3) is 5.91 Å². The molecular weight excluding hydrogens is 413 g/mol. The highest BCUT2D eigenvalue weighted by Crippen LogP contribution is 2.36. The van der Waals surface area contributed by atoms with E-state index < -0.39 is 22.8 Å². The van der Waals surface area contributed by atoms with E-state index >= 15 is 0 Å². The number of hydrogen-bond donors (Lipinski definition) is 2. The number of anilines is 1. The van der Waals surface area contributed by atoms with E-state index in [0.29, 0.717) is 31.7 Å². The normalized spacial score (nSPS) is 15.3. The Morgan fingerprint density at radius 3 is 2.52 bits per heavy atom. The second-order valence-corrected chi connectivity index (χ2v) is 7.09. The summed E-state index contributed by atoms with van der Waals surface area (Å²) in [5, 5.41) is 8.50. The first-order valence-corrected chi connectivity index (χ1v) is 9.18. The van der Waals surface area contributed by atoms with Crippen LogP contribution in [0.4, 0.5) is 23.7 Å². The minimum absolute atomic E-state index is 0.00329. The standard InChI is InChI=1S/C18H18ClF3N4O3/c1-10-8-15(25-29-10)16(27)23-11-4-6-26(7-5-11)17(28)24-12-2-3-14(19)13(9-12)18(20,21)22/h2-3,8-9,11H,4-7H2,1H3,(H,23,27)(H,24,28). The van der Waals surface area contributed by atoms with Crippen LogP contribution >= 0.6 is 11.6 Å². The second-order valence-electron chi connectivity index (χ2n) is 6.68. The molecule has 0 radical (unpaired) electrons. The fraction of sp³-hybridized carbons (Fsp3) is 0.389. The molecule has 2 heterocycles. The van der Waals surface area contributed by atoms with Gasteiger partial charge in [-0.25, -0.2) is 4.79 Å². The molecule has 11 heteroatoms. The van der Waals surface area contributed by atoms with E-state index in [2.05, 4.69) is 15.8 Å². The van der Waals surface area contributed by atoms with Crippen LogP contribution < -0.4 is 10.6 Å². The lowest BCUT2D eigenvalue weighted by molar-refractivity contribution is -0.137. The van der Waals surface area contributed by atoms with Crippen LogP contribution in [0, 0.1) is 6.92 Å². The molecule has 1 aliphatic heterocycles. The number of aryl methyl sites for hydroxylation is 1. The van der Waals surface area contributed by atoms with Crippen molar-refractivity contribution >= 4 is 29.2 Å². The first-order valence-electron chi connectivity index (χ1n) is 8.80. The molecule has 0 atom stereocenters. The Hall–Kier alpha value is -2.75. The topological polar surface area (TPSA) is 87.5 Å². The van der Waals surface area contributed by atoms with E-state index in [4.69, 9.17) is 16.1 Å². The van der Waals surface area contributed by atoms with E-state index in [1.165, 1.54) is 17.0 Å². The number of urea groups is 1. The maximum atomic E-state index is 12.9. The molecule has 0 aliphatic carbocycles. The average Bonchev–Trinajstić information content (AvgIpc) is 3.09. The average molecular weight is 431 g/mol. The molecule has 29 heavy (non-hydrogen) atoms. The number of carbonyl (C=O) groups is 2. The largest absolute Gasteiger partial charge is 0.417 e. The number of hydrogen-bond acceptors (Lipinski definition) is 4. The van der Waals surface area contributed by atoms with Gasteiger partial charge < -0.3 is 20.1 Å². The molecule has 0 bridgehead atoms. The van der Waals surface area contributed by atoms with Gasteiger partial charge in [0, 0.05) is 30.9 Å². The van der Waals surface area contributed by atoms with Gasteiger partial charge in [-0.15, -0.1) is 0 Å². The van der Waals surface area contributed by atoms with Crippen LogP contribution in [-0.4, -0.2) is 41.1 Å². The summed E-state index contributed by atoms with van der Waals surface area (Å²) >= 11 is 5.58. The number of benzene rings is 1. The zero-order valence-corrected chi connectivity index (χ0v) is 16.1. The van der Waals surface area contributed by atoms with Gasteiger partial charge in [-0.1, -0.05) is 16.8 Å². The van der Waals surface area contributed by atoms with Gasteiger partial charge >= 0.3 is 12.2 Å². The second kappa shape index (κ2) is 8.32. The number of rotatable bonds is 3.